The van der Waals surface area contributed by atoms with Crippen LogP contribution in [0.4, 0.5) is 0 Å². The summed E-state index contributed by atoms with van der Waals surface area (Å²) in [5, 5.41) is 3.40. The SMILES string of the molecule is CCC(Oc1c(CNC(C)(C)C)cccc1OC)C(N)=O. The number of nitrogens with one attached hydrogen (secondary N) is 1. The third-order valence-corrected chi connectivity index (χ3v) is 3.04. The van der Waals surface area contributed by atoms with Gasteiger partial charge in [0, 0.05) is 17.6 Å². The number of methoxy groups -OCH3 is 1. The predicted molar refractivity (Wildman–Crippen MR) is 83.5 cm³/mol. The molecule has 0 aliphatic heterocycles. The molecule has 1 unspecified atom stereocenters. The molecule has 0 saturated heterocycles. The van der Waals surface area contributed by atoms with E-state index in [1.54, 1.807) is 7.11 Å². The Bertz CT molecular complexity index is 481. The van der Waals surface area contributed by atoms with E-state index < -0.39 is 12.0 Å². The highest BCUT2D eigenvalue weighted by Crippen LogP contribution is 2.32. The van der Waals surface area contributed by atoms with Crippen LogP contribution in [-0.4, -0.2) is 24.7 Å². The summed E-state index contributed by atoms with van der Waals surface area (Å²) in [6.07, 6.45) is -0.144. The van der Waals surface area contributed by atoms with Crippen LogP contribution in [0.5, 0.6) is 11.5 Å². The fraction of sp³-hybridized carbons (Fsp3) is 0.562. The summed E-state index contributed by atoms with van der Waals surface area (Å²) >= 11 is 0. The van der Waals surface area contributed by atoms with Gasteiger partial charge in [-0.1, -0.05) is 19.1 Å². The van der Waals surface area contributed by atoms with Crippen LogP contribution in [0.2, 0.25) is 0 Å². The number of amides is 1. The molecule has 5 heteroatoms. The van der Waals surface area contributed by atoms with Gasteiger partial charge in [0.15, 0.2) is 17.6 Å². The van der Waals surface area contributed by atoms with Gasteiger partial charge in [-0.3, -0.25) is 4.79 Å². The molecule has 0 aromatic heterocycles. The minimum atomic E-state index is -0.658. The quantitative estimate of drug-likeness (QED) is 0.808. The molecule has 3 N–H and O–H groups in total. The molecule has 5 nitrogen and oxygen atoms in total. The molecule has 0 aliphatic rings. The number of para-hydroxylation sites is 1. The number of rotatable bonds is 7. The number of carbonyl (C=O) groups is 1. The molecule has 0 fully saturated rings. The molecule has 1 atom stereocenters. The van der Waals surface area contributed by atoms with Gasteiger partial charge in [-0.15, -0.1) is 0 Å². The second-order valence-corrected chi connectivity index (χ2v) is 5.97. The van der Waals surface area contributed by atoms with E-state index in [1.807, 2.05) is 25.1 Å². The van der Waals surface area contributed by atoms with Crippen LogP contribution >= 0.6 is 0 Å². The molecule has 1 amide bonds. The number of hydrogen-bond acceptors (Lipinski definition) is 4. The van der Waals surface area contributed by atoms with Gasteiger partial charge in [-0.05, 0) is 33.3 Å². The number of carbonyl (C=O) groups excluding carboxylic acids is 1. The second-order valence-electron chi connectivity index (χ2n) is 5.97. The fourth-order valence-corrected chi connectivity index (χ4v) is 1.84. The molecule has 1 aromatic carbocycles. The highest BCUT2D eigenvalue weighted by atomic mass is 16.5. The van der Waals surface area contributed by atoms with Crippen LogP contribution in [0.1, 0.15) is 39.7 Å². The monoisotopic (exact) mass is 294 g/mol. The van der Waals surface area contributed by atoms with Crippen molar-refractivity contribution >= 4 is 5.91 Å². The van der Waals surface area contributed by atoms with Gasteiger partial charge in [0.1, 0.15) is 0 Å². The van der Waals surface area contributed by atoms with Crippen LogP contribution in [0, 0.1) is 0 Å². The molecule has 0 heterocycles. The van der Waals surface area contributed by atoms with E-state index in [-0.39, 0.29) is 5.54 Å². The topological polar surface area (TPSA) is 73.6 Å². The van der Waals surface area contributed by atoms with Crippen molar-refractivity contribution in [1.82, 2.24) is 5.32 Å². The lowest BCUT2D eigenvalue weighted by Crippen LogP contribution is -2.36. The lowest BCUT2D eigenvalue weighted by atomic mass is 10.1. The maximum Gasteiger partial charge on any atom is 0.258 e. The molecule has 118 valence electrons. The normalized spacial score (nSPS) is 12.8. The standard InChI is InChI=1S/C16H26N2O3/c1-6-12(15(17)19)21-14-11(10-18-16(2,3)4)8-7-9-13(14)20-5/h7-9,12,18H,6,10H2,1-5H3,(H2,17,19). The van der Waals surface area contributed by atoms with Gasteiger partial charge >= 0.3 is 0 Å². The average molecular weight is 294 g/mol. The van der Waals surface area contributed by atoms with Crippen LogP contribution in [0.15, 0.2) is 18.2 Å². The molecular formula is C16H26N2O3. The summed E-state index contributed by atoms with van der Waals surface area (Å²) < 4.78 is 11.1. The van der Waals surface area contributed by atoms with Crippen LogP contribution in [-0.2, 0) is 11.3 Å². The van der Waals surface area contributed by atoms with E-state index in [4.69, 9.17) is 15.2 Å². The van der Waals surface area contributed by atoms with E-state index in [9.17, 15) is 4.79 Å². The number of ether oxygens (including phenoxy) is 2. The summed E-state index contributed by atoms with van der Waals surface area (Å²) in [5.74, 6) is 0.698. The number of nitrogens with two attached hydrogens (primary N) is 1. The van der Waals surface area contributed by atoms with Crippen LogP contribution in [0.25, 0.3) is 0 Å². The average Bonchev–Trinajstić information content (AvgIpc) is 2.41. The largest absolute Gasteiger partial charge is 0.493 e. The summed E-state index contributed by atoms with van der Waals surface area (Å²) in [7, 11) is 1.58. The van der Waals surface area contributed by atoms with Crippen molar-refractivity contribution in [2.75, 3.05) is 7.11 Å². The molecule has 0 aliphatic carbocycles. The van der Waals surface area contributed by atoms with Crippen molar-refractivity contribution < 1.29 is 14.3 Å². The summed E-state index contributed by atoms with van der Waals surface area (Å²) in [6, 6.07) is 5.66. The van der Waals surface area contributed by atoms with Gasteiger partial charge < -0.3 is 20.5 Å². The van der Waals surface area contributed by atoms with Crippen molar-refractivity contribution in [3.63, 3.8) is 0 Å². The summed E-state index contributed by atoms with van der Waals surface area (Å²) in [6.45, 7) is 8.74. The maximum absolute atomic E-state index is 11.4. The zero-order valence-electron chi connectivity index (χ0n) is 13.5. The first-order chi connectivity index (χ1) is 9.78. The number of primary amides is 1. The van der Waals surface area contributed by atoms with E-state index in [0.29, 0.717) is 24.5 Å². The summed E-state index contributed by atoms with van der Waals surface area (Å²) in [4.78, 5) is 11.4. The minimum absolute atomic E-state index is 0.0197. The van der Waals surface area contributed by atoms with Gasteiger partial charge in [-0.2, -0.15) is 0 Å². The lowest BCUT2D eigenvalue weighted by molar-refractivity contribution is -0.124. The first-order valence-electron chi connectivity index (χ1n) is 7.15. The zero-order valence-corrected chi connectivity index (χ0v) is 13.5. The predicted octanol–water partition coefficient (Wildman–Crippen LogP) is 2.23. The molecule has 1 rings (SSSR count). The Hall–Kier alpha value is -1.75. The molecule has 0 spiro atoms. The Labute approximate surface area is 126 Å². The Morgan fingerprint density at radius 1 is 1.38 bits per heavy atom. The smallest absolute Gasteiger partial charge is 0.258 e. The van der Waals surface area contributed by atoms with Gasteiger partial charge in [0.2, 0.25) is 0 Å². The molecule has 21 heavy (non-hydrogen) atoms. The van der Waals surface area contributed by atoms with Crippen molar-refractivity contribution in [2.45, 2.75) is 52.3 Å². The Morgan fingerprint density at radius 2 is 2.05 bits per heavy atom. The van der Waals surface area contributed by atoms with Crippen molar-refractivity contribution in [3.8, 4) is 11.5 Å². The third kappa shape index (κ3) is 5.27. The number of benzene rings is 1. The molecule has 0 radical (unpaired) electrons. The fourth-order valence-electron chi connectivity index (χ4n) is 1.84. The zero-order chi connectivity index (χ0) is 16.0. The third-order valence-electron chi connectivity index (χ3n) is 3.04. The van der Waals surface area contributed by atoms with E-state index >= 15 is 0 Å². The highest BCUT2D eigenvalue weighted by Gasteiger charge is 2.20. The van der Waals surface area contributed by atoms with E-state index in [0.717, 1.165) is 5.56 Å². The Morgan fingerprint density at radius 3 is 2.52 bits per heavy atom. The van der Waals surface area contributed by atoms with E-state index in [2.05, 4.69) is 26.1 Å². The maximum atomic E-state index is 11.4. The van der Waals surface area contributed by atoms with Gasteiger partial charge in [0.05, 0.1) is 7.11 Å². The Balaban J connectivity index is 3.05. The molecule has 0 saturated carbocycles. The molecule has 0 bridgehead atoms. The minimum Gasteiger partial charge on any atom is -0.493 e. The lowest BCUT2D eigenvalue weighted by Gasteiger charge is -2.23. The first-order valence-corrected chi connectivity index (χ1v) is 7.15. The van der Waals surface area contributed by atoms with Crippen molar-refractivity contribution in [2.24, 2.45) is 5.73 Å². The summed E-state index contributed by atoms with van der Waals surface area (Å²) in [5.41, 5.74) is 6.27. The van der Waals surface area contributed by atoms with Crippen molar-refractivity contribution in [3.05, 3.63) is 23.8 Å². The van der Waals surface area contributed by atoms with Crippen LogP contribution < -0.4 is 20.5 Å². The number of hydrogen-bond donors (Lipinski definition) is 2. The van der Waals surface area contributed by atoms with Gasteiger partial charge in [-0.25, -0.2) is 0 Å². The van der Waals surface area contributed by atoms with Gasteiger partial charge in [0.25, 0.3) is 5.91 Å². The van der Waals surface area contributed by atoms with Crippen molar-refractivity contribution in [1.29, 1.82) is 0 Å². The van der Waals surface area contributed by atoms with Crippen LogP contribution in [0.3, 0.4) is 0 Å². The molecule has 1 aromatic rings. The van der Waals surface area contributed by atoms with E-state index in [1.165, 1.54) is 0 Å². The Kier molecular flexibility index (Phi) is 6.03. The molecular weight excluding hydrogens is 268 g/mol. The highest BCUT2D eigenvalue weighted by molar-refractivity contribution is 5.79. The first kappa shape index (κ1) is 17.3. The second kappa shape index (κ2) is 7.31.